The van der Waals surface area contributed by atoms with Gasteiger partial charge in [-0.1, -0.05) is 48.5 Å². The van der Waals surface area contributed by atoms with Crippen molar-refractivity contribution in [2.45, 2.75) is 0 Å². The molecule has 23 heavy (non-hydrogen) atoms. The maximum absolute atomic E-state index is 9.33. The molecule has 0 heterocycles. The first-order chi connectivity index (χ1) is 11.3. The summed E-state index contributed by atoms with van der Waals surface area (Å²) < 4.78 is 5.17. The highest BCUT2D eigenvalue weighted by Gasteiger charge is 2.01. The summed E-state index contributed by atoms with van der Waals surface area (Å²) in [6.45, 7) is 2.00. The Kier molecular flexibility index (Phi) is 5.53. The smallest absolute Gasteiger partial charge is 0.118 e. The maximum atomic E-state index is 9.33. The average Bonchev–Trinajstić information content (AvgIpc) is 2.64. The molecule has 0 aliphatic heterocycles. The molecule has 0 aliphatic rings. The van der Waals surface area contributed by atoms with Gasteiger partial charge in [-0.3, -0.25) is 0 Å². The van der Waals surface area contributed by atoms with Crippen LogP contribution in [0.2, 0.25) is 0 Å². The van der Waals surface area contributed by atoms with E-state index in [0.717, 1.165) is 22.4 Å². The molecule has 0 unspecified atom stereocenters. The second-order valence-electron chi connectivity index (χ2n) is 4.85. The van der Waals surface area contributed by atoms with Gasteiger partial charge < -0.3 is 14.6 Å². The van der Waals surface area contributed by atoms with Crippen LogP contribution >= 0.6 is 0 Å². The lowest BCUT2D eigenvalue weighted by atomic mass is 10.0. The fourth-order valence-corrected chi connectivity index (χ4v) is 2.29. The monoisotopic (exact) mass is 306 g/mol. The molecule has 0 spiro atoms. The molecule has 0 aliphatic carbocycles. The third-order valence-corrected chi connectivity index (χ3v) is 3.51. The summed E-state index contributed by atoms with van der Waals surface area (Å²) in [5, 5.41) is 9.33. The lowest BCUT2D eigenvalue weighted by molar-refractivity contribution is -0.0979. The number of benzene rings is 3. The van der Waals surface area contributed by atoms with Gasteiger partial charge in [0.2, 0.25) is 0 Å². The molecule has 3 aromatic rings. The third-order valence-electron chi connectivity index (χ3n) is 3.51. The zero-order chi connectivity index (χ0) is 16.7. The van der Waals surface area contributed by atoms with Crippen LogP contribution in [0.4, 0.5) is 0 Å². The van der Waals surface area contributed by atoms with Crippen molar-refractivity contribution in [3.8, 4) is 33.8 Å². The van der Waals surface area contributed by atoms with E-state index in [1.807, 2.05) is 43.2 Å². The van der Waals surface area contributed by atoms with E-state index in [0.29, 0.717) is 0 Å². The second-order valence-corrected chi connectivity index (χ2v) is 4.85. The number of hydrogen-bond donors (Lipinski definition) is 1. The molecule has 1 N–H and O–H groups in total. The summed E-state index contributed by atoms with van der Waals surface area (Å²) in [7, 11) is 1.67. The zero-order valence-electron chi connectivity index (χ0n) is 12.9. The first-order valence-electron chi connectivity index (χ1n) is 7.09. The minimum atomic E-state index is 0.286. The van der Waals surface area contributed by atoms with Gasteiger partial charge in [0.25, 0.3) is 0 Å². The van der Waals surface area contributed by atoms with E-state index in [2.05, 4.69) is 24.3 Å². The van der Waals surface area contributed by atoms with Gasteiger partial charge in [-0.15, -0.1) is 0 Å². The van der Waals surface area contributed by atoms with Gasteiger partial charge in [0.05, 0.1) is 7.11 Å². The standard InChI is InChI=1S/C19H16O2.CH2O/c1-21-19-12-8-17(9-13-19)15-4-2-14(3-5-15)16-6-10-18(20)11-7-16;1-2/h2-13,20H,1H3;1H2. The second kappa shape index (κ2) is 7.80. The summed E-state index contributed by atoms with van der Waals surface area (Å²) in [6, 6.07) is 23.6. The number of carbonyl (C=O) groups excluding carboxylic acids is 1. The number of phenols is 1. The van der Waals surface area contributed by atoms with E-state index in [4.69, 9.17) is 9.53 Å². The minimum Gasteiger partial charge on any atom is -0.508 e. The van der Waals surface area contributed by atoms with Crippen LogP contribution in [0.15, 0.2) is 72.8 Å². The average molecular weight is 306 g/mol. The van der Waals surface area contributed by atoms with Crippen LogP contribution in [0.25, 0.3) is 22.3 Å². The van der Waals surface area contributed by atoms with Crippen molar-refractivity contribution in [3.63, 3.8) is 0 Å². The summed E-state index contributed by atoms with van der Waals surface area (Å²) in [4.78, 5) is 8.00. The van der Waals surface area contributed by atoms with Crippen molar-refractivity contribution in [3.05, 3.63) is 72.8 Å². The molecule has 0 saturated heterocycles. The highest BCUT2D eigenvalue weighted by atomic mass is 16.5. The van der Waals surface area contributed by atoms with Crippen molar-refractivity contribution in [1.29, 1.82) is 0 Å². The van der Waals surface area contributed by atoms with E-state index in [-0.39, 0.29) is 5.75 Å². The van der Waals surface area contributed by atoms with Crippen LogP contribution in [0.5, 0.6) is 11.5 Å². The Hall–Kier alpha value is -3.07. The Morgan fingerprint density at radius 2 is 0.957 bits per heavy atom. The number of aromatic hydroxyl groups is 1. The molecule has 116 valence electrons. The summed E-state index contributed by atoms with van der Waals surface area (Å²) >= 11 is 0. The van der Waals surface area contributed by atoms with Crippen LogP contribution < -0.4 is 4.74 Å². The van der Waals surface area contributed by atoms with E-state index >= 15 is 0 Å². The van der Waals surface area contributed by atoms with E-state index in [9.17, 15) is 5.11 Å². The Balaban J connectivity index is 0.000000924. The van der Waals surface area contributed by atoms with Crippen molar-refractivity contribution in [2.75, 3.05) is 7.11 Å². The van der Waals surface area contributed by atoms with Gasteiger partial charge in [-0.2, -0.15) is 0 Å². The predicted octanol–water partition coefficient (Wildman–Crippen LogP) is 4.55. The van der Waals surface area contributed by atoms with E-state index in [1.54, 1.807) is 19.2 Å². The molecule has 3 heteroatoms. The van der Waals surface area contributed by atoms with Gasteiger partial charge >= 0.3 is 0 Å². The Bertz CT molecular complexity index is 729. The number of hydrogen-bond acceptors (Lipinski definition) is 3. The third kappa shape index (κ3) is 3.98. The highest BCUT2D eigenvalue weighted by Crippen LogP contribution is 2.27. The van der Waals surface area contributed by atoms with Crippen molar-refractivity contribution in [2.24, 2.45) is 0 Å². The normalized spacial score (nSPS) is 9.61. The van der Waals surface area contributed by atoms with Crippen molar-refractivity contribution < 1.29 is 14.6 Å². The number of rotatable bonds is 3. The molecule has 0 bridgehead atoms. The lowest BCUT2D eigenvalue weighted by Crippen LogP contribution is -1.83. The molecule has 0 saturated carbocycles. The Labute approximate surface area is 135 Å². The fraction of sp³-hybridized carbons (Fsp3) is 0.0500. The molecule has 0 aromatic heterocycles. The van der Waals surface area contributed by atoms with Gasteiger partial charge in [0.15, 0.2) is 0 Å². The largest absolute Gasteiger partial charge is 0.508 e. The van der Waals surface area contributed by atoms with Crippen LogP contribution in [0.3, 0.4) is 0 Å². The minimum absolute atomic E-state index is 0.286. The Morgan fingerprint density at radius 1 is 0.652 bits per heavy atom. The summed E-state index contributed by atoms with van der Waals surface area (Å²) in [6.07, 6.45) is 0. The molecule has 0 radical (unpaired) electrons. The molecule has 0 atom stereocenters. The van der Waals surface area contributed by atoms with E-state index in [1.165, 1.54) is 5.56 Å². The first kappa shape index (κ1) is 16.3. The van der Waals surface area contributed by atoms with Gasteiger partial charge in [-0.05, 0) is 46.5 Å². The zero-order valence-corrected chi connectivity index (χ0v) is 12.9. The summed E-state index contributed by atoms with van der Waals surface area (Å²) in [5.74, 6) is 1.15. The number of phenolic OH excluding ortho intramolecular Hbond substituents is 1. The lowest BCUT2D eigenvalue weighted by Gasteiger charge is -2.06. The molecule has 3 nitrogen and oxygen atoms in total. The molecule has 0 amide bonds. The van der Waals surface area contributed by atoms with Gasteiger partial charge in [-0.25, -0.2) is 0 Å². The van der Waals surface area contributed by atoms with Crippen molar-refractivity contribution >= 4 is 6.79 Å². The quantitative estimate of drug-likeness (QED) is 0.772. The van der Waals surface area contributed by atoms with Crippen LogP contribution in [0, 0.1) is 0 Å². The van der Waals surface area contributed by atoms with Crippen molar-refractivity contribution in [1.82, 2.24) is 0 Å². The predicted molar refractivity (Wildman–Crippen MR) is 92.7 cm³/mol. The van der Waals surface area contributed by atoms with E-state index < -0.39 is 0 Å². The molecular weight excluding hydrogens is 288 g/mol. The first-order valence-corrected chi connectivity index (χ1v) is 7.09. The molecule has 3 aromatic carbocycles. The molecule has 0 fully saturated rings. The molecule has 3 rings (SSSR count). The summed E-state index contributed by atoms with van der Waals surface area (Å²) in [5.41, 5.74) is 4.55. The van der Waals surface area contributed by atoms with Crippen LogP contribution in [-0.2, 0) is 4.79 Å². The highest BCUT2D eigenvalue weighted by molar-refractivity contribution is 5.70. The topological polar surface area (TPSA) is 46.5 Å². The maximum Gasteiger partial charge on any atom is 0.118 e. The van der Waals surface area contributed by atoms with Gasteiger partial charge in [0.1, 0.15) is 18.3 Å². The molecular formula is C20H18O3. The number of ether oxygens (including phenoxy) is 1. The van der Waals surface area contributed by atoms with Crippen LogP contribution in [-0.4, -0.2) is 19.0 Å². The van der Waals surface area contributed by atoms with Gasteiger partial charge in [0, 0.05) is 0 Å². The number of carbonyl (C=O) groups is 1. The fourth-order valence-electron chi connectivity index (χ4n) is 2.29. The van der Waals surface area contributed by atoms with Crippen LogP contribution in [0.1, 0.15) is 0 Å². The Morgan fingerprint density at radius 3 is 1.30 bits per heavy atom. The number of methoxy groups -OCH3 is 1. The SMILES string of the molecule is C=O.COc1ccc(-c2ccc(-c3ccc(O)cc3)cc2)cc1.